The number of rotatable bonds is 3. The van der Waals surface area contributed by atoms with Crippen molar-refractivity contribution in [3.05, 3.63) is 34.9 Å². The van der Waals surface area contributed by atoms with E-state index in [0.717, 1.165) is 0 Å². The molecule has 0 amide bonds. The lowest BCUT2D eigenvalue weighted by molar-refractivity contribution is 0.0572. The van der Waals surface area contributed by atoms with E-state index in [4.69, 9.17) is 11.6 Å². The molecule has 2 N–H and O–H groups in total. The van der Waals surface area contributed by atoms with Crippen molar-refractivity contribution in [1.29, 1.82) is 0 Å². The second-order valence-electron chi connectivity index (χ2n) is 4.26. The van der Waals surface area contributed by atoms with Crippen LogP contribution >= 0.6 is 11.6 Å². The Morgan fingerprint density at radius 2 is 1.76 bits per heavy atom. The van der Waals surface area contributed by atoms with E-state index < -0.39 is 12.2 Å². The van der Waals surface area contributed by atoms with Gasteiger partial charge in [-0.25, -0.2) is 0 Å². The Hall–Kier alpha value is -0.940. The molecule has 1 saturated heterocycles. The summed E-state index contributed by atoms with van der Waals surface area (Å²) in [6.45, 7) is 0.872. The number of aliphatic hydroxyl groups excluding tert-OH is 2. The molecule has 0 radical (unpaired) electrons. The first kappa shape index (κ1) is 12.5. The van der Waals surface area contributed by atoms with E-state index in [1.54, 1.807) is 29.2 Å². The average Bonchev–Trinajstić information content (AvgIpc) is 2.58. The Morgan fingerprint density at radius 1 is 1.24 bits per heavy atom. The van der Waals surface area contributed by atoms with Gasteiger partial charge in [0.2, 0.25) is 0 Å². The minimum Gasteiger partial charge on any atom is -0.389 e. The molecule has 0 bridgehead atoms. The largest absolute Gasteiger partial charge is 0.389 e. The molecule has 2 atom stereocenters. The van der Waals surface area contributed by atoms with Gasteiger partial charge >= 0.3 is 0 Å². The second kappa shape index (κ2) is 5.14. The van der Waals surface area contributed by atoms with Crippen LogP contribution in [0.4, 0.5) is 0 Å². The fourth-order valence-corrected chi connectivity index (χ4v) is 2.03. The summed E-state index contributed by atoms with van der Waals surface area (Å²) >= 11 is 5.74. The molecule has 17 heavy (non-hydrogen) atoms. The maximum Gasteiger partial charge on any atom is 0.176 e. The summed E-state index contributed by atoms with van der Waals surface area (Å²) in [5.41, 5.74) is 0.588. The van der Waals surface area contributed by atoms with E-state index in [1.807, 2.05) is 0 Å². The standard InChI is InChI=1S/C12H14ClNO3/c13-9-3-1-8(2-4-9)10(15)5-14-6-11(16)12(17)7-14/h1-4,11-12,16-17H,5-7H2. The normalized spacial score (nSPS) is 25.1. The molecule has 0 aliphatic carbocycles. The van der Waals surface area contributed by atoms with E-state index in [-0.39, 0.29) is 12.3 Å². The molecule has 1 aliphatic rings. The van der Waals surface area contributed by atoms with Crippen molar-refractivity contribution in [3.8, 4) is 0 Å². The summed E-state index contributed by atoms with van der Waals surface area (Å²) in [5, 5.41) is 19.3. The van der Waals surface area contributed by atoms with Gasteiger partial charge in [0.15, 0.2) is 5.78 Å². The number of carbonyl (C=O) groups is 1. The van der Waals surface area contributed by atoms with E-state index in [0.29, 0.717) is 23.7 Å². The molecule has 4 nitrogen and oxygen atoms in total. The fourth-order valence-electron chi connectivity index (χ4n) is 1.91. The number of likely N-dealkylation sites (tertiary alicyclic amines) is 1. The zero-order chi connectivity index (χ0) is 12.4. The smallest absolute Gasteiger partial charge is 0.176 e. The summed E-state index contributed by atoms with van der Waals surface area (Å²) in [5.74, 6) is -0.0389. The summed E-state index contributed by atoms with van der Waals surface area (Å²) in [6, 6.07) is 6.69. The van der Waals surface area contributed by atoms with Crippen molar-refractivity contribution >= 4 is 17.4 Å². The number of carbonyl (C=O) groups excluding carboxylic acids is 1. The van der Waals surface area contributed by atoms with Gasteiger partial charge in [-0.05, 0) is 24.3 Å². The van der Waals surface area contributed by atoms with Crippen LogP contribution in [0, 0.1) is 0 Å². The number of ketones is 1. The number of hydrogen-bond acceptors (Lipinski definition) is 4. The number of nitrogens with zero attached hydrogens (tertiary/aromatic N) is 1. The number of aliphatic hydroxyl groups is 2. The number of β-amino-alcohol motifs (C(OH)–C–C–N with tert-alkyl or cyclic N) is 2. The zero-order valence-electron chi connectivity index (χ0n) is 9.21. The first-order valence-electron chi connectivity index (χ1n) is 5.43. The molecular formula is C12H14ClNO3. The van der Waals surface area contributed by atoms with Gasteiger partial charge in [0, 0.05) is 23.7 Å². The third kappa shape index (κ3) is 3.04. The molecule has 0 saturated carbocycles. The minimum atomic E-state index is -0.756. The quantitative estimate of drug-likeness (QED) is 0.775. The Bertz CT molecular complexity index is 397. The highest BCUT2D eigenvalue weighted by Crippen LogP contribution is 2.13. The van der Waals surface area contributed by atoms with Gasteiger partial charge in [0.25, 0.3) is 0 Å². The number of Topliss-reactive ketones (excluding diaryl/α,β-unsaturated/α-hetero) is 1. The van der Waals surface area contributed by atoms with Crippen LogP contribution < -0.4 is 0 Å². The Balaban J connectivity index is 1.96. The van der Waals surface area contributed by atoms with Crippen LogP contribution in [-0.4, -0.2) is 52.7 Å². The molecule has 2 unspecified atom stereocenters. The van der Waals surface area contributed by atoms with Gasteiger partial charge in [0.05, 0.1) is 18.8 Å². The molecule has 1 aromatic carbocycles. The second-order valence-corrected chi connectivity index (χ2v) is 4.70. The van der Waals surface area contributed by atoms with Crippen LogP contribution in [0.2, 0.25) is 5.02 Å². The lowest BCUT2D eigenvalue weighted by atomic mass is 10.1. The minimum absolute atomic E-state index is 0.0389. The molecular weight excluding hydrogens is 242 g/mol. The topological polar surface area (TPSA) is 60.8 Å². The van der Waals surface area contributed by atoms with Crippen molar-refractivity contribution in [2.45, 2.75) is 12.2 Å². The average molecular weight is 256 g/mol. The SMILES string of the molecule is O=C(CN1CC(O)C(O)C1)c1ccc(Cl)cc1. The van der Waals surface area contributed by atoms with Crippen LogP contribution in [0.5, 0.6) is 0 Å². The lowest BCUT2D eigenvalue weighted by Crippen LogP contribution is -2.28. The highest BCUT2D eigenvalue weighted by atomic mass is 35.5. The first-order chi connectivity index (χ1) is 8.06. The van der Waals surface area contributed by atoms with Crippen molar-refractivity contribution in [2.75, 3.05) is 19.6 Å². The zero-order valence-corrected chi connectivity index (χ0v) is 9.97. The molecule has 0 aromatic heterocycles. The summed E-state index contributed by atoms with van der Waals surface area (Å²) < 4.78 is 0. The van der Waals surface area contributed by atoms with Gasteiger partial charge in [-0.3, -0.25) is 9.69 Å². The van der Waals surface area contributed by atoms with Gasteiger partial charge < -0.3 is 10.2 Å². The van der Waals surface area contributed by atoms with Crippen LogP contribution in [0.1, 0.15) is 10.4 Å². The van der Waals surface area contributed by atoms with Crippen molar-refractivity contribution in [2.24, 2.45) is 0 Å². The van der Waals surface area contributed by atoms with E-state index in [9.17, 15) is 15.0 Å². The van der Waals surface area contributed by atoms with E-state index in [1.165, 1.54) is 0 Å². The Kier molecular flexibility index (Phi) is 3.79. The molecule has 2 rings (SSSR count). The monoisotopic (exact) mass is 255 g/mol. The Labute approximate surface area is 104 Å². The molecule has 1 fully saturated rings. The van der Waals surface area contributed by atoms with E-state index in [2.05, 4.69) is 0 Å². The van der Waals surface area contributed by atoms with Crippen molar-refractivity contribution < 1.29 is 15.0 Å². The lowest BCUT2D eigenvalue weighted by Gasteiger charge is -2.13. The molecule has 1 heterocycles. The summed E-state index contributed by atoms with van der Waals surface area (Å²) in [7, 11) is 0. The van der Waals surface area contributed by atoms with Crippen molar-refractivity contribution in [3.63, 3.8) is 0 Å². The van der Waals surface area contributed by atoms with Crippen LogP contribution in [0.3, 0.4) is 0 Å². The molecule has 0 spiro atoms. The highest BCUT2D eigenvalue weighted by Gasteiger charge is 2.30. The first-order valence-corrected chi connectivity index (χ1v) is 5.81. The predicted molar refractivity (Wildman–Crippen MR) is 64.2 cm³/mol. The van der Waals surface area contributed by atoms with Crippen molar-refractivity contribution in [1.82, 2.24) is 4.90 Å². The molecule has 1 aromatic rings. The van der Waals surface area contributed by atoms with Crippen LogP contribution in [-0.2, 0) is 0 Å². The predicted octanol–water partition coefficient (Wildman–Crippen LogP) is 0.560. The molecule has 92 valence electrons. The van der Waals surface area contributed by atoms with Gasteiger partial charge in [-0.2, -0.15) is 0 Å². The number of hydrogen-bond donors (Lipinski definition) is 2. The fraction of sp³-hybridized carbons (Fsp3) is 0.417. The number of halogens is 1. The Morgan fingerprint density at radius 3 is 2.29 bits per heavy atom. The highest BCUT2D eigenvalue weighted by molar-refractivity contribution is 6.30. The van der Waals surface area contributed by atoms with Gasteiger partial charge in [-0.15, -0.1) is 0 Å². The third-order valence-electron chi connectivity index (χ3n) is 2.87. The van der Waals surface area contributed by atoms with Gasteiger partial charge in [0.1, 0.15) is 0 Å². The van der Waals surface area contributed by atoms with Crippen LogP contribution in [0.15, 0.2) is 24.3 Å². The maximum absolute atomic E-state index is 11.9. The van der Waals surface area contributed by atoms with Gasteiger partial charge in [-0.1, -0.05) is 11.6 Å². The van der Waals surface area contributed by atoms with E-state index >= 15 is 0 Å². The maximum atomic E-state index is 11.9. The number of benzene rings is 1. The third-order valence-corrected chi connectivity index (χ3v) is 3.12. The molecule has 1 aliphatic heterocycles. The molecule has 5 heteroatoms. The summed E-state index contributed by atoms with van der Waals surface area (Å²) in [4.78, 5) is 13.6. The summed E-state index contributed by atoms with van der Waals surface area (Å²) in [6.07, 6.45) is -1.51. The van der Waals surface area contributed by atoms with Crippen LogP contribution in [0.25, 0.3) is 0 Å².